The number of hydrogen-bond donors (Lipinski definition) is 5. The molecular formula is C7H14O6. The molecule has 0 unspecified atom stereocenters. The molecule has 6 nitrogen and oxygen atoms in total. The first kappa shape index (κ1) is 10.8. The quantitative estimate of drug-likeness (QED) is 0.324. The third-order valence-electron chi connectivity index (χ3n) is 2.10. The van der Waals surface area contributed by atoms with Crippen LogP contribution in [0.2, 0.25) is 0 Å². The second-order valence-corrected chi connectivity index (χ2v) is 3.05. The van der Waals surface area contributed by atoms with Crippen LogP contribution in [0.1, 0.15) is 6.42 Å². The number of aliphatic hydroxyl groups excluding tert-OH is 5. The predicted molar refractivity (Wildman–Crippen MR) is 40.6 cm³/mol. The van der Waals surface area contributed by atoms with E-state index in [2.05, 4.69) is 0 Å². The number of rotatable bonds is 2. The van der Waals surface area contributed by atoms with Gasteiger partial charge in [0.25, 0.3) is 0 Å². The summed E-state index contributed by atoms with van der Waals surface area (Å²) in [6.07, 6.45) is -6.51. The standard InChI is InChI=1S/C7H14O6/c8-2-1-3-4(9)5(10)6(11)7(12)13-3/h3-12H,1-2H2/t3-,4-,5-,6+,7+/m1/s1. The Morgan fingerprint density at radius 3 is 2.08 bits per heavy atom. The van der Waals surface area contributed by atoms with Crippen molar-refractivity contribution < 1.29 is 30.3 Å². The van der Waals surface area contributed by atoms with Gasteiger partial charge in [0.1, 0.15) is 18.3 Å². The summed E-state index contributed by atoms with van der Waals surface area (Å²) in [5, 5.41) is 45.1. The van der Waals surface area contributed by atoms with Crippen LogP contribution in [0, 0.1) is 0 Å². The van der Waals surface area contributed by atoms with E-state index in [4.69, 9.17) is 20.1 Å². The van der Waals surface area contributed by atoms with E-state index in [0.717, 1.165) is 0 Å². The van der Waals surface area contributed by atoms with Crippen molar-refractivity contribution in [2.45, 2.75) is 37.1 Å². The van der Waals surface area contributed by atoms with E-state index in [1.54, 1.807) is 0 Å². The van der Waals surface area contributed by atoms with Gasteiger partial charge in [0.2, 0.25) is 0 Å². The normalized spacial score (nSPS) is 46.4. The van der Waals surface area contributed by atoms with E-state index < -0.39 is 30.7 Å². The Kier molecular flexibility index (Phi) is 3.60. The van der Waals surface area contributed by atoms with Crippen LogP contribution in [-0.4, -0.2) is 62.8 Å². The Labute approximate surface area is 75.0 Å². The Morgan fingerprint density at radius 2 is 1.54 bits per heavy atom. The van der Waals surface area contributed by atoms with Crippen molar-refractivity contribution in [2.24, 2.45) is 0 Å². The van der Waals surface area contributed by atoms with Crippen molar-refractivity contribution in [3.8, 4) is 0 Å². The zero-order chi connectivity index (χ0) is 10.0. The van der Waals surface area contributed by atoms with Crippen LogP contribution in [0.15, 0.2) is 0 Å². The van der Waals surface area contributed by atoms with Crippen LogP contribution >= 0.6 is 0 Å². The lowest BCUT2D eigenvalue weighted by Gasteiger charge is -2.38. The first-order chi connectivity index (χ1) is 6.07. The van der Waals surface area contributed by atoms with Gasteiger partial charge in [-0.3, -0.25) is 0 Å². The highest BCUT2D eigenvalue weighted by atomic mass is 16.6. The highest BCUT2D eigenvalue weighted by Crippen LogP contribution is 2.21. The SMILES string of the molecule is OCC[C@H]1O[C@H](O)[C@@H](O)[C@H](O)[C@@H]1O. The lowest BCUT2D eigenvalue weighted by molar-refractivity contribution is -0.283. The average molecular weight is 194 g/mol. The van der Waals surface area contributed by atoms with Crippen LogP contribution in [-0.2, 0) is 4.74 Å². The molecule has 0 spiro atoms. The molecule has 0 amide bonds. The molecule has 0 aliphatic carbocycles. The first-order valence-electron chi connectivity index (χ1n) is 4.06. The summed E-state index contributed by atoms with van der Waals surface area (Å²) in [5.41, 5.74) is 0. The fourth-order valence-corrected chi connectivity index (χ4v) is 1.30. The van der Waals surface area contributed by atoms with Gasteiger partial charge in [-0.1, -0.05) is 0 Å². The summed E-state index contributed by atoms with van der Waals surface area (Å²) < 4.78 is 4.76. The zero-order valence-electron chi connectivity index (χ0n) is 6.95. The van der Waals surface area contributed by atoms with Crippen LogP contribution in [0.25, 0.3) is 0 Å². The molecule has 1 aliphatic rings. The smallest absolute Gasteiger partial charge is 0.183 e. The predicted octanol–water partition coefficient (Wildman–Crippen LogP) is -2.83. The van der Waals surface area contributed by atoms with Gasteiger partial charge in [0, 0.05) is 6.61 Å². The second-order valence-electron chi connectivity index (χ2n) is 3.05. The second kappa shape index (κ2) is 4.32. The summed E-state index contributed by atoms with van der Waals surface area (Å²) in [7, 11) is 0. The van der Waals surface area contributed by atoms with E-state index in [1.165, 1.54) is 0 Å². The Hall–Kier alpha value is -0.240. The number of hydrogen-bond acceptors (Lipinski definition) is 6. The highest BCUT2D eigenvalue weighted by Gasteiger charge is 2.42. The molecule has 5 atom stereocenters. The van der Waals surface area contributed by atoms with Gasteiger partial charge >= 0.3 is 0 Å². The minimum Gasteiger partial charge on any atom is -0.396 e. The van der Waals surface area contributed by atoms with Gasteiger partial charge in [-0.25, -0.2) is 0 Å². The highest BCUT2D eigenvalue weighted by molar-refractivity contribution is 4.88. The molecule has 1 saturated heterocycles. The molecule has 0 aromatic heterocycles. The minimum absolute atomic E-state index is 0.0992. The molecule has 1 rings (SSSR count). The summed E-state index contributed by atoms with van der Waals surface area (Å²) in [6, 6.07) is 0. The summed E-state index contributed by atoms with van der Waals surface area (Å²) >= 11 is 0. The fourth-order valence-electron chi connectivity index (χ4n) is 1.30. The van der Waals surface area contributed by atoms with E-state index in [0.29, 0.717) is 0 Å². The van der Waals surface area contributed by atoms with Crippen molar-refractivity contribution in [1.29, 1.82) is 0 Å². The zero-order valence-corrected chi connectivity index (χ0v) is 6.95. The van der Waals surface area contributed by atoms with Crippen LogP contribution in [0.4, 0.5) is 0 Å². The van der Waals surface area contributed by atoms with Crippen molar-refractivity contribution >= 4 is 0 Å². The van der Waals surface area contributed by atoms with Gasteiger partial charge in [0.05, 0.1) is 6.10 Å². The van der Waals surface area contributed by atoms with E-state index in [-0.39, 0.29) is 13.0 Å². The van der Waals surface area contributed by atoms with Crippen LogP contribution in [0.3, 0.4) is 0 Å². The van der Waals surface area contributed by atoms with Crippen molar-refractivity contribution in [3.63, 3.8) is 0 Å². The van der Waals surface area contributed by atoms with E-state index >= 15 is 0 Å². The van der Waals surface area contributed by atoms with Crippen LogP contribution < -0.4 is 0 Å². The maximum atomic E-state index is 9.30. The maximum Gasteiger partial charge on any atom is 0.183 e. The van der Waals surface area contributed by atoms with Gasteiger partial charge in [0.15, 0.2) is 6.29 Å². The summed E-state index contributed by atoms with van der Waals surface area (Å²) in [4.78, 5) is 0. The van der Waals surface area contributed by atoms with E-state index in [9.17, 15) is 10.2 Å². The van der Waals surface area contributed by atoms with E-state index in [1.807, 2.05) is 0 Å². The molecule has 6 heteroatoms. The molecule has 5 N–H and O–H groups in total. The molecule has 0 saturated carbocycles. The average Bonchev–Trinajstić information content (AvgIpc) is 2.11. The van der Waals surface area contributed by atoms with Crippen molar-refractivity contribution in [2.75, 3.05) is 6.61 Å². The molecule has 0 aromatic rings. The molecule has 0 radical (unpaired) electrons. The van der Waals surface area contributed by atoms with Gasteiger partial charge in [-0.15, -0.1) is 0 Å². The largest absolute Gasteiger partial charge is 0.396 e. The molecule has 78 valence electrons. The first-order valence-corrected chi connectivity index (χ1v) is 4.06. The summed E-state index contributed by atoms with van der Waals surface area (Å²) in [6.45, 7) is -0.225. The van der Waals surface area contributed by atoms with Crippen molar-refractivity contribution in [1.82, 2.24) is 0 Å². The lowest BCUT2D eigenvalue weighted by atomic mass is 9.97. The third kappa shape index (κ3) is 2.16. The van der Waals surface area contributed by atoms with Crippen LogP contribution in [0.5, 0.6) is 0 Å². The molecule has 1 heterocycles. The third-order valence-corrected chi connectivity index (χ3v) is 2.10. The van der Waals surface area contributed by atoms with Gasteiger partial charge in [-0.05, 0) is 6.42 Å². The van der Waals surface area contributed by atoms with Crippen molar-refractivity contribution in [3.05, 3.63) is 0 Å². The Morgan fingerprint density at radius 1 is 0.923 bits per heavy atom. The van der Waals surface area contributed by atoms with Gasteiger partial charge in [-0.2, -0.15) is 0 Å². The molecule has 1 fully saturated rings. The lowest BCUT2D eigenvalue weighted by Crippen LogP contribution is -2.57. The molecular weight excluding hydrogens is 180 g/mol. The Bertz CT molecular complexity index is 163. The molecule has 1 aliphatic heterocycles. The monoisotopic (exact) mass is 194 g/mol. The van der Waals surface area contributed by atoms with Gasteiger partial charge < -0.3 is 30.3 Å². The minimum atomic E-state index is -1.52. The molecule has 0 bridgehead atoms. The summed E-state index contributed by atoms with van der Waals surface area (Å²) in [5.74, 6) is 0. The molecule has 13 heavy (non-hydrogen) atoms. The maximum absolute atomic E-state index is 9.30. The number of ether oxygens (including phenoxy) is 1. The number of aliphatic hydroxyl groups is 5. The molecule has 0 aromatic carbocycles. The fraction of sp³-hybridized carbons (Fsp3) is 1.00. The topological polar surface area (TPSA) is 110 Å². The Balaban J connectivity index is 2.59.